The highest BCUT2D eigenvalue weighted by Crippen LogP contribution is 2.34. The Bertz CT molecular complexity index is 868. The van der Waals surface area contributed by atoms with Gasteiger partial charge in [0, 0.05) is 31.7 Å². The molecule has 2 aromatic rings. The summed E-state index contributed by atoms with van der Waals surface area (Å²) in [6, 6.07) is 6.47. The van der Waals surface area contributed by atoms with Crippen LogP contribution in [0, 0.1) is 5.92 Å². The molecular formula is C23H30Cl2N4O2. The third kappa shape index (κ3) is 5.54. The normalized spacial score (nSPS) is 24.9. The molecule has 0 unspecified atom stereocenters. The van der Waals surface area contributed by atoms with E-state index in [1.54, 1.807) is 0 Å². The quantitative estimate of drug-likeness (QED) is 0.660. The van der Waals surface area contributed by atoms with Crippen LogP contribution in [0.5, 0.6) is 0 Å². The van der Waals surface area contributed by atoms with Crippen molar-refractivity contribution in [3.05, 3.63) is 46.6 Å². The van der Waals surface area contributed by atoms with Crippen LogP contribution in [0.15, 0.2) is 35.1 Å². The Morgan fingerprint density at radius 1 is 1.23 bits per heavy atom. The molecule has 1 amide bonds. The molecule has 31 heavy (non-hydrogen) atoms. The van der Waals surface area contributed by atoms with Gasteiger partial charge in [0.2, 0.25) is 0 Å². The number of nitrogens with one attached hydrogen (secondary N) is 1. The smallest absolute Gasteiger partial charge is 0.307 e. The van der Waals surface area contributed by atoms with Gasteiger partial charge in [-0.25, -0.2) is 4.98 Å². The van der Waals surface area contributed by atoms with Gasteiger partial charge in [-0.2, -0.15) is 0 Å². The largest absolute Gasteiger partial charge is 0.441 e. The van der Waals surface area contributed by atoms with E-state index in [2.05, 4.69) is 33.1 Å². The zero-order valence-corrected chi connectivity index (χ0v) is 19.4. The maximum absolute atomic E-state index is 12.1. The van der Waals surface area contributed by atoms with Crippen LogP contribution in [-0.2, 0) is 0 Å². The first kappa shape index (κ1) is 22.4. The lowest BCUT2D eigenvalue weighted by Crippen LogP contribution is -2.52. The van der Waals surface area contributed by atoms with Gasteiger partial charge in [-0.3, -0.25) is 9.69 Å². The summed E-state index contributed by atoms with van der Waals surface area (Å²) in [5, 5.41) is 4.31. The van der Waals surface area contributed by atoms with E-state index in [1.165, 1.54) is 18.9 Å². The highest BCUT2D eigenvalue weighted by molar-refractivity contribution is 6.43. The van der Waals surface area contributed by atoms with Crippen molar-refractivity contribution in [2.75, 3.05) is 31.1 Å². The van der Waals surface area contributed by atoms with Crippen molar-refractivity contribution in [1.29, 1.82) is 0 Å². The minimum absolute atomic E-state index is 0.148. The van der Waals surface area contributed by atoms with Crippen molar-refractivity contribution in [2.45, 2.75) is 51.1 Å². The van der Waals surface area contributed by atoms with Crippen molar-refractivity contribution < 1.29 is 9.21 Å². The number of rotatable bonds is 6. The topological polar surface area (TPSA) is 61.6 Å². The molecule has 1 aliphatic heterocycles. The molecule has 2 fully saturated rings. The third-order valence-electron chi connectivity index (χ3n) is 6.61. The number of nitrogens with zero attached hydrogens (tertiary/aromatic N) is 3. The Balaban J connectivity index is 1.19. The van der Waals surface area contributed by atoms with Gasteiger partial charge in [-0.05, 0) is 63.6 Å². The summed E-state index contributed by atoms with van der Waals surface area (Å²) in [7, 11) is 0. The number of hydrogen-bond acceptors (Lipinski definition) is 5. The maximum Gasteiger partial charge on any atom is 0.307 e. The number of hydrogen-bond donors (Lipinski definition) is 1. The van der Waals surface area contributed by atoms with Crippen LogP contribution in [0.1, 0.15) is 49.7 Å². The van der Waals surface area contributed by atoms with Crippen LogP contribution in [0.3, 0.4) is 0 Å². The summed E-state index contributed by atoms with van der Waals surface area (Å²) in [6.07, 6.45) is 8.49. The van der Waals surface area contributed by atoms with Gasteiger partial charge >= 0.3 is 5.91 Å². The number of amides is 1. The van der Waals surface area contributed by atoms with Crippen LogP contribution >= 0.6 is 23.2 Å². The number of carbonyl (C=O) groups excluding carboxylic acids is 1. The van der Waals surface area contributed by atoms with Gasteiger partial charge in [0.1, 0.15) is 6.26 Å². The summed E-state index contributed by atoms with van der Waals surface area (Å²) in [5.74, 6) is 0.667. The second-order valence-corrected chi connectivity index (χ2v) is 9.52. The Morgan fingerprint density at radius 2 is 2.03 bits per heavy atom. The zero-order chi connectivity index (χ0) is 21.8. The second kappa shape index (κ2) is 10.2. The van der Waals surface area contributed by atoms with E-state index < -0.39 is 0 Å². The summed E-state index contributed by atoms with van der Waals surface area (Å²) in [5.41, 5.74) is 1.03. The Kier molecular flexibility index (Phi) is 7.41. The van der Waals surface area contributed by atoms with Gasteiger partial charge in [-0.1, -0.05) is 29.3 Å². The van der Waals surface area contributed by atoms with E-state index in [0.717, 1.165) is 63.5 Å². The lowest BCUT2D eigenvalue weighted by molar-refractivity contribution is 0.0884. The molecule has 0 bridgehead atoms. The SMILES string of the molecule is C[C@@H]1CN(CCC2CCC(NC(=O)c3ncco3)CC2)CCN1c1cccc(Cl)c1Cl. The first-order valence-electron chi connectivity index (χ1n) is 11.1. The van der Waals surface area contributed by atoms with E-state index in [0.29, 0.717) is 16.1 Å². The van der Waals surface area contributed by atoms with E-state index >= 15 is 0 Å². The van der Waals surface area contributed by atoms with Gasteiger partial charge in [0.15, 0.2) is 0 Å². The van der Waals surface area contributed by atoms with E-state index in [9.17, 15) is 4.79 Å². The van der Waals surface area contributed by atoms with E-state index in [4.69, 9.17) is 27.6 Å². The first-order valence-corrected chi connectivity index (χ1v) is 11.9. The average molecular weight is 465 g/mol. The molecule has 1 aromatic carbocycles. The molecule has 0 radical (unpaired) electrons. The number of carbonyl (C=O) groups is 1. The number of benzene rings is 1. The van der Waals surface area contributed by atoms with Crippen LogP contribution in [0.4, 0.5) is 5.69 Å². The summed E-state index contributed by atoms with van der Waals surface area (Å²) < 4.78 is 5.07. The number of piperazine rings is 1. The Morgan fingerprint density at radius 3 is 2.74 bits per heavy atom. The molecule has 1 atom stereocenters. The molecule has 8 heteroatoms. The molecular weight excluding hydrogens is 435 g/mol. The predicted molar refractivity (Wildman–Crippen MR) is 124 cm³/mol. The molecule has 0 spiro atoms. The fourth-order valence-electron chi connectivity index (χ4n) is 4.85. The molecule has 1 aromatic heterocycles. The summed E-state index contributed by atoms with van der Waals surface area (Å²) >= 11 is 12.7. The summed E-state index contributed by atoms with van der Waals surface area (Å²) in [6.45, 7) is 6.41. The fraction of sp³-hybridized carbons (Fsp3) is 0.565. The number of halogens is 2. The van der Waals surface area contributed by atoms with Gasteiger partial charge in [0.25, 0.3) is 5.89 Å². The van der Waals surface area contributed by atoms with E-state index in [-0.39, 0.29) is 17.8 Å². The van der Waals surface area contributed by atoms with Crippen molar-refractivity contribution in [3.63, 3.8) is 0 Å². The van der Waals surface area contributed by atoms with Crippen molar-refractivity contribution in [1.82, 2.24) is 15.2 Å². The van der Waals surface area contributed by atoms with Crippen LogP contribution in [0.2, 0.25) is 10.0 Å². The zero-order valence-electron chi connectivity index (χ0n) is 17.9. The number of anilines is 1. The predicted octanol–water partition coefficient (Wildman–Crippen LogP) is 4.87. The highest BCUT2D eigenvalue weighted by atomic mass is 35.5. The molecule has 2 heterocycles. The van der Waals surface area contributed by atoms with Gasteiger partial charge in [-0.15, -0.1) is 0 Å². The lowest BCUT2D eigenvalue weighted by atomic mass is 9.84. The minimum Gasteiger partial charge on any atom is -0.441 e. The minimum atomic E-state index is -0.208. The molecule has 1 N–H and O–H groups in total. The van der Waals surface area contributed by atoms with Crippen LogP contribution in [0.25, 0.3) is 0 Å². The Labute approximate surface area is 193 Å². The third-order valence-corrected chi connectivity index (χ3v) is 7.42. The van der Waals surface area contributed by atoms with Crippen molar-refractivity contribution in [3.8, 4) is 0 Å². The molecule has 1 saturated heterocycles. The molecule has 6 nitrogen and oxygen atoms in total. The molecule has 2 aliphatic rings. The molecule has 1 aliphatic carbocycles. The molecule has 168 valence electrons. The van der Waals surface area contributed by atoms with Gasteiger partial charge in [0.05, 0.1) is 21.9 Å². The number of oxazole rings is 1. The van der Waals surface area contributed by atoms with Crippen LogP contribution in [-0.4, -0.2) is 54.1 Å². The van der Waals surface area contributed by atoms with Crippen LogP contribution < -0.4 is 10.2 Å². The molecule has 1 saturated carbocycles. The van der Waals surface area contributed by atoms with Crippen molar-refractivity contribution >= 4 is 34.8 Å². The highest BCUT2D eigenvalue weighted by Gasteiger charge is 2.28. The average Bonchev–Trinajstić information content (AvgIpc) is 3.31. The second-order valence-electron chi connectivity index (χ2n) is 8.73. The number of aromatic nitrogens is 1. The monoisotopic (exact) mass is 464 g/mol. The standard InChI is InChI=1S/C23H30Cl2N4O2/c1-16-15-28(12-13-29(16)20-4-2-3-19(24)21(20)25)11-9-17-5-7-18(8-6-17)27-22(30)23-26-10-14-31-23/h2-4,10,14,16-18H,5-9,11-13,15H2,1H3,(H,27,30)/t16-,17?,18?/m1/s1. The first-order chi connectivity index (χ1) is 15.0. The summed E-state index contributed by atoms with van der Waals surface area (Å²) in [4.78, 5) is 20.9. The lowest BCUT2D eigenvalue weighted by Gasteiger charge is -2.42. The fourth-order valence-corrected chi connectivity index (χ4v) is 5.26. The van der Waals surface area contributed by atoms with Gasteiger partial charge < -0.3 is 14.6 Å². The Hall–Kier alpha value is -1.76. The molecule has 4 rings (SSSR count). The maximum atomic E-state index is 12.1. The van der Waals surface area contributed by atoms with E-state index in [1.807, 2.05) is 12.1 Å². The van der Waals surface area contributed by atoms with Crippen molar-refractivity contribution in [2.24, 2.45) is 5.92 Å².